The minimum Gasteiger partial charge on any atom is -0.357 e. The molecule has 2 aliphatic rings. The summed E-state index contributed by atoms with van der Waals surface area (Å²) < 4.78 is 0. The van der Waals surface area contributed by atoms with Crippen LogP contribution in [0.15, 0.2) is 35.3 Å². The highest BCUT2D eigenvalue weighted by molar-refractivity contribution is 14.0. The summed E-state index contributed by atoms with van der Waals surface area (Å²) >= 11 is 0. The van der Waals surface area contributed by atoms with Gasteiger partial charge in [-0.05, 0) is 76.6 Å². The number of guanidine groups is 1. The number of halogens is 1. The summed E-state index contributed by atoms with van der Waals surface area (Å²) in [5.74, 6) is 1.93. The number of hydrogen-bond donors (Lipinski definition) is 2. The molecule has 0 bridgehead atoms. The van der Waals surface area contributed by atoms with Crippen molar-refractivity contribution < 1.29 is 0 Å². The van der Waals surface area contributed by atoms with Crippen molar-refractivity contribution in [3.05, 3.63) is 35.9 Å². The van der Waals surface area contributed by atoms with Gasteiger partial charge in [-0.2, -0.15) is 0 Å². The minimum atomic E-state index is 0. The quantitative estimate of drug-likeness (QED) is 0.211. The molecule has 2 aliphatic heterocycles. The Balaban J connectivity index is 0.00000341. The van der Waals surface area contributed by atoms with Crippen LogP contribution in [0.3, 0.4) is 0 Å². The zero-order valence-electron chi connectivity index (χ0n) is 19.7. The highest BCUT2D eigenvalue weighted by atomic mass is 127. The molecule has 1 aromatic carbocycles. The van der Waals surface area contributed by atoms with Crippen LogP contribution in [0.2, 0.25) is 0 Å². The summed E-state index contributed by atoms with van der Waals surface area (Å²) in [6, 6.07) is 11.4. The van der Waals surface area contributed by atoms with Gasteiger partial charge in [-0.15, -0.1) is 24.0 Å². The van der Waals surface area contributed by atoms with Crippen LogP contribution >= 0.6 is 24.0 Å². The van der Waals surface area contributed by atoms with E-state index in [-0.39, 0.29) is 24.0 Å². The third-order valence-electron chi connectivity index (χ3n) is 6.55. The van der Waals surface area contributed by atoms with Gasteiger partial charge in [-0.25, -0.2) is 0 Å². The lowest BCUT2D eigenvalue weighted by molar-refractivity contribution is 0.190. The van der Waals surface area contributed by atoms with Gasteiger partial charge < -0.3 is 15.5 Å². The maximum absolute atomic E-state index is 4.85. The van der Waals surface area contributed by atoms with Crippen molar-refractivity contribution in [2.45, 2.75) is 65.0 Å². The average molecular weight is 542 g/mol. The van der Waals surface area contributed by atoms with Crippen LogP contribution in [-0.2, 0) is 6.54 Å². The van der Waals surface area contributed by atoms with E-state index in [1.165, 1.54) is 63.7 Å². The molecule has 0 atom stereocenters. The Labute approximate surface area is 207 Å². The average Bonchev–Trinajstić information content (AvgIpc) is 2.77. The van der Waals surface area contributed by atoms with Crippen LogP contribution in [0.5, 0.6) is 0 Å². The molecule has 0 aliphatic carbocycles. The van der Waals surface area contributed by atoms with Crippen molar-refractivity contribution in [1.29, 1.82) is 0 Å². The number of nitrogens with one attached hydrogen (secondary N) is 2. The third kappa shape index (κ3) is 10.1. The van der Waals surface area contributed by atoms with E-state index >= 15 is 0 Å². The first-order chi connectivity index (χ1) is 14.7. The first kappa shape index (κ1) is 26.4. The molecule has 1 aromatic rings. The fraction of sp³-hybridized carbons (Fsp3) is 0.720. The second-order valence-corrected chi connectivity index (χ2v) is 9.17. The van der Waals surface area contributed by atoms with Crippen molar-refractivity contribution in [2.75, 3.05) is 45.8 Å². The summed E-state index contributed by atoms with van der Waals surface area (Å²) in [7, 11) is 0. The Morgan fingerprint density at radius 2 is 1.65 bits per heavy atom. The van der Waals surface area contributed by atoms with E-state index in [0.29, 0.717) is 6.04 Å². The molecule has 2 saturated heterocycles. The molecule has 2 N–H and O–H groups in total. The molecule has 0 unspecified atom stereocenters. The zero-order chi connectivity index (χ0) is 21.0. The lowest BCUT2D eigenvalue weighted by atomic mass is 9.99. The first-order valence-corrected chi connectivity index (χ1v) is 12.3. The van der Waals surface area contributed by atoms with E-state index in [9.17, 15) is 0 Å². The second kappa shape index (κ2) is 15.1. The molecular weight excluding hydrogens is 497 g/mol. The van der Waals surface area contributed by atoms with Gasteiger partial charge in [0, 0.05) is 38.8 Å². The summed E-state index contributed by atoms with van der Waals surface area (Å²) in [5, 5.41) is 7.13. The monoisotopic (exact) mass is 541 g/mol. The maximum Gasteiger partial charge on any atom is 0.191 e. The number of unbranched alkanes of at least 4 members (excludes halogenated alkanes) is 1. The fourth-order valence-corrected chi connectivity index (χ4v) is 4.51. The lowest BCUT2D eigenvalue weighted by Crippen LogP contribution is -2.48. The fourth-order valence-electron chi connectivity index (χ4n) is 4.51. The number of likely N-dealkylation sites (tertiary alicyclic amines) is 2. The molecule has 5 nitrogen and oxygen atoms in total. The van der Waals surface area contributed by atoms with E-state index < -0.39 is 0 Å². The molecule has 2 heterocycles. The second-order valence-electron chi connectivity index (χ2n) is 9.17. The van der Waals surface area contributed by atoms with Crippen molar-refractivity contribution in [2.24, 2.45) is 10.9 Å². The third-order valence-corrected chi connectivity index (χ3v) is 6.55. The van der Waals surface area contributed by atoms with Crippen molar-refractivity contribution in [3.63, 3.8) is 0 Å². The predicted octanol–water partition coefficient (Wildman–Crippen LogP) is 4.34. The molecular formula is C25H44IN5. The molecule has 0 amide bonds. The Bertz CT molecular complexity index is 608. The SMILES string of the molecule is CCNC(=NCCCCN1CCC(C)CC1)NC1CCN(Cc2ccccc2)CC1.I. The largest absolute Gasteiger partial charge is 0.357 e. The van der Waals surface area contributed by atoms with E-state index in [4.69, 9.17) is 4.99 Å². The topological polar surface area (TPSA) is 42.9 Å². The van der Waals surface area contributed by atoms with Crippen LogP contribution < -0.4 is 10.6 Å². The van der Waals surface area contributed by atoms with E-state index in [2.05, 4.69) is 64.6 Å². The van der Waals surface area contributed by atoms with Crippen LogP contribution in [0.4, 0.5) is 0 Å². The lowest BCUT2D eigenvalue weighted by Gasteiger charge is -2.33. The molecule has 3 rings (SSSR count). The highest BCUT2D eigenvalue weighted by Crippen LogP contribution is 2.16. The Morgan fingerprint density at radius 1 is 0.968 bits per heavy atom. The predicted molar refractivity (Wildman–Crippen MR) is 143 cm³/mol. The summed E-state index contributed by atoms with van der Waals surface area (Å²) in [4.78, 5) is 10.1. The summed E-state index contributed by atoms with van der Waals surface area (Å²) in [5.41, 5.74) is 1.41. The number of nitrogens with zero attached hydrogens (tertiary/aromatic N) is 3. The normalized spacial score (nSPS) is 19.7. The molecule has 0 aromatic heterocycles. The van der Waals surface area contributed by atoms with Gasteiger partial charge in [0.05, 0.1) is 0 Å². The van der Waals surface area contributed by atoms with Crippen LogP contribution in [-0.4, -0.2) is 67.6 Å². The van der Waals surface area contributed by atoms with Gasteiger partial charge in [0.15, 0.2) is 5.96 Å². The van der Waals surface area contributed by atoms with Crippen LogP contribution in [0.25, 0.3) is 0 Å². The van der Waals surface area contributed by atoms with E-state index in [0.717, 1.165) is 44.6 Å². The summed E-state index contributed by atoms with van der Waals surface area (Å²) in [6.07, 6.45) is 7.55. The Kier molecular flexibility index (Phi) is 12.8. The van der Waals surface area contributed by atoms with Gasteiger partial charge >= 0.3 is 0 Å². The van der Waals surface area contributed by atoms with Crippen molar-refractivity contribution >= 4 is 29.9 Å². The summed E-state index contributed by atoms with van der Waals surface area (Å²) in [6.45, 7) is 13.6. The van der Waals surface area contributed by atoms with Gasteiger partial charge in [-0.1, -0.05) is 37.3 Å². The van der Waals surface area contributed by atoms with Gasteiger partial charge in [0.1, 0.15) is 0 Å². The zero-order valence-corrected chi connectivity index (χ0v) is 22.0. The molecule has 176 valence electrons. The minimum absolute atomic E-state index is 0. The molecule has 0 spiro atoms. The van der Waals surface area contributed by atoms with Crippen molar-refractivity contribution in [3.8, 4) is 0 Å². The van der Waals surface area contributed by atoms with Crippen LogP contribution in [0, 0.1) is 5.92 Å². The van der Waals surface area contributed by atoms with Gasteiger partial charge in [-0.3, -0.25) is 9.89 Å². The number of rotatable bonds is 9. The molecule has 0 saturated carbocycles. The van der Waals surface area contributed by atoms with Gasteiger partial charge in [0.25, 0.3) is 0 Å². The number of aliphatic imine (C=N–C) groups is 1. The molecule has 31 heavy (non-hydrogen) atoms. The smallest absolute Gasteiger partial charge is 0.191 e. The Morgan fingerprint density at radius 3 is 2.32 bits per heavy atom. The van der Waals surface area contributed by atoms with E-state index in [1.807, 2.05) is 0 Å². The number of piperidine rings is 2. The number of benzene rings is 1. The van der Waals surface area contributed by atoms with Crippen molar-refractivity contribution in [1.82, 2.24) is 20.4 Å². The molecule has 2 fully saturated rings. The maximum atomic E-state index is 4.85. The molecule has 0 radical (unpaired) electrons. The number of hydrogen-bond acceptors (Lipinski definition) is 3. The first-order valence-electron chi connectivity index (χ1n) is 12.3. The highest BCUT2D eigenvalue weighted by Gasteiger charge is 2.20. The Hall–Kier alpha value is -0.860. The molecule has 6 heteroatoms. The van der Waals surface area contributed by atoms with Gasteiger partial charge in [0.2, 0.25) is 0 Å². The standard InChI is InChI=1S/C25H43N5.HI/c1-3-26-25(27-15-7-8-16-29-17-11-22(2)12-18-29)28-24-13-19-30(20-14-24)21-23-9-5-4-6-10-23;/h4-6,9-10,22,24H,3,7-8,11-21H2,1-2H3,(H2,26,27,28);1H. The van der Waals surface area contributed by atoms with Crippen LogP contribution in [0.1, 0.15) is 57.9 Å². The van der Waals surface area contributed by atoms with E-state index in [1.54, 1.807) is 0 Å².